The Kier molecular flexibility index (Phi) is 6.91. The van der Waals surface area contributed by atoms with Crippen molar-refractivity contribution in [3.05, 3.63) is 12.7 Å². The number of nitrogens with zero attached hydrogens (tertiary/aromatic N) is 1. The summed E-state index contributed by atoms with van der Waals surface area (Å²) in [6.45, 7) is 4.58. The van der Waals surface area contributed by atoms with Crippen LogP contribution in [-0.4, -0.2) is 31.0 Å². The molecular weight excluding hydrogens is 228 g/mol. The van der Waals surface area contributed by atoms with Gasteiger partial charge in [-0.15, -0.1) is 6.58 Å². The average molecular weight is 252 g/mol. The fraction of sp³-hybridized carbons (Fsp3) is 0.692. The number of nitrogens with two attached hydrogens (primary N) is 1. The highest BCUT2D eigenvalue weighted by molar-refractivity contribution is 5.79. The summed E-state index contributed by atoms with van der Waals surface area (Å²) < 4.78 is 0. The van der Waals surface area contributed by atoms with Gasteiger partial charge >= 0.3 is 0 Å². The summed E-state index contributed by atoms with van der Waals surface area (Å²) in [6.07, 6.45) is 8.06. The van der Waals surface area contributed by atoms with Crippen LogP contribution < -0.4 is 16.4 Å². The number of carbonyl (C=O) groups excluding carboxylic acids is 1. The van der Waals surface area contributed by atoms with Crippen molar-refractivity contribution in [2.75, 3.05) is 13.1 Å². The van der Waals surface area contributed by atoms with Crippen molar-refractivity contribution < 1.29 is 4.79 Å². The fourth-order valence-corrected chi connectivity index (χ4v) is 2.06. The summed E-state index contributed by atoms with van der Waals surface area (Å²) in [7, 11) is 0. The molecule has 0 aromatic heterocycles. The topological polar surface area (TPSA) is 79.5 Å². The lowest BCUT2D eigenvalue weighted by molar-refractivity contribution is -0.121. The van der Waals surface area contributed by atoms with Crippen LogP contribution in [-0.2, 0) is 4.79 Å². The normalized spacial score (nSPS) is 17.2. The van der Waals surface area contributed by atoms with Crippen LogP contribution in [0, 0.1) is 0 Å². The van der Waals surface area contributed by atoms with Gasteiger partial charge in [-0.1, -0.05) is 25.3 Å². The van der Waals surface area contributed by atoms with E-state index in [9.17, 15) is 4.79 Å². The maximum Gasteiger partial charge on any atom is 0.222 e. The third kappa shape index (κ3) is 6.27. The zero-order valence-corrected chi connectivity index (χ0v) is 11.0. The molecule has 0 spiro atoms. The second-order valence-electron chi connectivity index (χ2n) is 4.59. The Labute approximate surface area is 109 Å². The highest BCUT2D eigenvalue weighted by Gasteiger charge is 2.14. The van der Waals surface area contributed by atoms with Gasteiger partial charge in [0.15, 0.2) is 5.96 Å². The Balaban J connectivity index is 2.14. The van der Waals surface area contributed by atoms with E-state index in [1.807, 2.05) is 0 Å². The second kappa shape index (κ2) is 8.55. The quantitative estimate of drug-likeness (QED) is 0.373. The van der Waals surface area contributed by atoms with E-state index in [0.29, 0.717) is 31.5 Å². The standard InChI is InChI=1S/C13H24N4O/c1-2-9-15-13(14)16-10-8-12(18)17-11-6-4-3-5-7-11/h2,11H,1,3-10H2,(H,17,18)(H3,14,15,16). The van der Waals surface area contributed by atoms with Crippen LogP contribution in [0.15, 0.2) is 17.6 Å². The largest absolute Gasteiger partial charge is 0.370 e. The summed E-state index contributed by atoms with van der Waals surface area (Å²) in [4.78, 5) is 15.7. The van der Waals surface area contributed by atoms with E-state index in [4.69, 9.17) is 5.73 Å². The molecule has 0 aromatic rings. The molecule has 0 unspecified atom stereocenters. The van der Waals surface area contributed by atoms with Gasteiger partial charge in [0.1, 0.15) is 0 Å². The highest BCUT2D eigenvalue weighted by atomic mass is 16.1. The summed E-state index contributed by atoms with van der Waals surface area (Å²) in [5.41, 5.74) is 5.59. The van der Waals surface area contributed by atoms with Gasteiger partial charge in [0.25, 0.3) is 0 Å². The maximum absolute atomic E-state index is 11.6. The van der Waals surface area contributed by atoms with Gasteiger partial charge in [0.05, 0.1) is 6.54 Å². The molecule has 102 valence electrons. The number of hydrogen-bond acceptors (Lipinski definition) is 2. The first-order chi connectivity index (χ1) is 8.72. The Hall–Kier alpha value is -1.52. The van der Waals surface area contributed by atoms with E-state index in [1.54, 1.807) is 6.08 Å². The molecular formula is C13H24N4O. The molecule has 0 radical (unpaired) electrons. The summed E-state index contributed by atoms with van der Waals surface area (Å²) in [5.74, 6) is 0.433. The molecule has 0 aromatic carbocycles. The van der Waals surface area contributed by atoms with Crippen LogP contribution in [0.25, 0.3) is 0 Å². The maximum atomic E-state index is 11.6. The molecule has 1 aliphatic carbocycles. The van der Waals surface area contributed by atoms with Gasteiger partial charge in [-0.25, -0.2) is 0 Å². The minimum Gasteiger partial charge on any atom is -0.370 e. The fourth-order valence-electron chi connectivity index (χ4n) is 2.06. The first-order valence-corrected chi connectivity index (χ1v) is 6.66. The highest BCUT2D eigenvalue weighted by Crippen LogP contribution is 2.17. The van der Waals surface area contributed by atoms with Crippen LogP contribution in [0.5, 0.6) is 0 Å². The molecule has 1 fully saturated rings. The van der Waals surface area contributed by atoms with Crippen molar-refractivity contribution in [1.29, 1.82) is 0 Å². The number of aliphatic imine (C=N–C) groups is 1. The van der Waals surface area contributed by atoms with Crippen LogP contribution >= 0.6 is 0 Å². The molecule has 0 heterocycles. The first kappa shape index (κ1) is 14.5. The SMILES string of the molecule is C=CCNC(N)=NCCC(=O)NC1CCCCC1. The predicted molar refractivity (Wildman–Crippen MR) is 74.3 cm³/mol. The Bertz CT molecular complexity index is 295. The average Bonchev–Trinajstić information content (AvgIpc) is 2.37. The van der Waals surface area contributed by atoms with Gasteiger partial charge in [0.2, 0.25) is 5.91 Å². The molecule has 4 N–H and O–H groups in total. The predicted octanol–water partition coefficient (Wildman–Crippen LogP) is 0.916. The van der Waals surface area contributed by atoms with Crippen molar-refractivity contribution in [3.63, 3.8) is 0 Å². The Morgan fingerprint density at radius 1 is 1.39 bits per heavy atom. The van der Waals surface area contributed by atoms with Crippen molar-refractivity contribution in [2.45, 2.75) is 44.6 Å². The van der Waals surface area contributed by atoms with E-state index in [0.717, 1.165) is 12.8 Å². The van der Waals surface area contributed by atoms with Crippen molar-refractivity contribution in [2.24, 2.45) is 10.7 Å². The van der Waals surface area contributed by atoms with Gasteiger partial charge in [-0.2, -0.15) is 0 Å². The van der Waals surface area contributed by atoms with Crippen LogP contribution in [0.3, 0.4) is 0 Å². The summed E-state index contributed by atoms with van der Waals surface area (Å²) in [6, 6.07) is 0.367. The molecule has 1 saturated carbocycles. The lowest BCUT2D eigenvalue weighted by atomic mass is 9.95. The molecule has 18 heavy (non-hydrogen) atoms. The van der Waals surface area contributed by atoms with Crippen LogP contribution in [0.4, 0.5) is 0 Å². The second-order valence-corrected chi connectivity index (χ2v) is 4.59. The zero-order chi connectivity index (χ0) is 13.2. The molecule has 1 aliphatic rings. The number of nitrogens with one attached hydrogen (secondary N) is 2. The molecule has 0 bridgehead atoms. The molecule has 1 rings (SSSR count). The van der Waals surface area contributed by atoms with E-state index in [2.05, 4.69) is 22.2 Å². The smallest absolute Gasteiger partial charge is 0.222 e. The van der Waals surface area contributed by atoms with E-state index in [1.165, 1.54) is 19.3 Å². The van der Waals surface area contributed by atoms with Crippen molar-refractivity contribution in [3.8, 4) is 0 Å². The zero-order valence-electron chi connectivity index (χ0n) is 11.0. The van der Waals surface area contributed by atoms with E-state index >= 15 is 0 Å². The van der Waals surface area contributed by atoms with Crippen molar-refractivity contribution >= 4 is 11.9 Å². The molecule has 0 saturated heterocycles. The lowest BCUT2D eigenvalue weighted by Gasteiger charge is -2.22. The Morgan fingerprint density at radius 2 is 2.11 bits per heavy atom. The first-order valence-electron chi connectivity index (χ1n) is 6.66. The molecule has 5 heteroatoms. The molecule has 1 amide bonds. The minimum absolute atomic E-state index is 0.0715. The third-order valence-electron chi connectivity index (χ3n) is 3.02. The number of hydrogen-bond donors (Lipinski definition) is 3. The molecule has 0 aliphatic heterocycles. The van der Waals surface area contributed by atoms with Crippen molar-refractivity contribution in [1.82, 2.24) is 10.6 Å². The van der Waals surface area contributed by atoms with Gasteiger partial charge in [-0.05, 0) is 12.8 Å². The molecule has 5 nitrogen and oxygen atoms in total. The van der Waals surface area contributed by atoms with Gasteiger partial charge in [0, 0.05) is 19.0 Å². The third-order valence-corrected chi connectivity index (χ3v) is 3.02. The number of rotatable bonds is 6. The summed E-state index contributed by atoms with van der Waals surface area (Å²) >= 11 is 0. The van der Waals surface area contributed by atoms with Gasteiger partial charge < -0.3 is 16.4 Å². The Morgan fingerprint density at radius 3 is 2.78 bits per heavy atom. The van der Waals surface area contributed by atoms with E-state index in [-0.39, 0.29) is 5.91 Å². The summed E-state index contributed by atoms with van der Waals surface area (Å²) in [5, 5.41) is 5.92. The van der Waals surface area contributed by atoms with Crippen LogP contribution in [0.1, 0.15) is 38.5 Å². The minimum atomic E-state index is 0.0715. The lowest BCUT2D eigenvalue weighted by Crippen LogP contribution is -2.36. The van der Waals surface area contributed by atoms with Crippen LogP contribution in [0.2, 0.25) is 0 Å². The van der Waals surface area contributed by atoms with E-state index < -0.39 is 0 Å². The number of amides is 1. The molecule has 0 atom stereocenters. The number of carbonyl (C=O) groups is 1. The number of guanidine groups is 1. The monoisotopic (exact) mass is 252 g/mol. The van der Waals surface area contributed by atoms with Gasteiger partial charge in [-0.3, -0.25) is 9.79 Å².